The van der Waals surface area contributed by atoms with Gasteiger partial charge in [-0.3, -0.25) is 9.88 Å². The molecule has 0 unspecified atom stereocenters. The van der Waals surface area contributed by atoms with Crippen molar-refractivity contribution in [3.63, 3.8) is 0 Å². The third-order valence-electron chi connectivity index (χ3n) is 7.05. The van der Waals surface area contributed by atoms with Gasteiger partial charge in [-0.05, 0) is 73.7 Å². The lowest BCUT2D eigenvalue weighted by atomic mass is 9.90. The first-order chi connectivity index (χ1) is 19.5. The Hall–Kier alpha value is -4.32. The van der Waals surface area contributed by atoms with Gasteiger partial charge in [-0.1, -0.05) is 18.2 Å². The summed E-state index contributed by atoms with van der Waals surface area (Å²) in [6.45, 7) is 5.37. The van der Waals surface area contributed by atoms with Gasteiger partial charge in [0.25, 0.3) is 0 Å². The highest BCUT2D eigenvalue weighted by molar-refractivity contribution is 9.10. The summed E-state index contributed by atoms with van der Waals surface area (Å²) in [5.41, 5.74) is 2.66. The monoisotopic (exact) mass is 620 g/mol. The molecule has 12 heteroatoms. The number of halogens is 2. The highest BCUT2D eigenvalue weighted by atomic mass is 79.9. The Morgan fingerprint density at radius 3 is 2.68 bits per heavy atom. The third kappa shape index (κ3) is 4.82. The Bertz CT molecular complexity index is 1840. The fourth-order valence-electron chi connectivity index (χ4n) is 5.46. The summed E-state index contributed by atoms with van der Waals surface area (Å²) in [7, 11) is 0. The topological polar surface area (TPSA) is 115 Å². The molecule has 1 amide bonds. The van der Waals surface area contributed by atoms with Crippen LogP contribution < -0.4 is 4.90 Å². The molecule has 10 nitrogen and oxygen atoms in total. The molecule has 4 aromatic heterocycles. The standard InChI is InChI=1S/C29H26BrFN6O4/c1-29(2,3)41-28(40)35(18-8-9-24-20(11-18)19-6-4-5-7-23(19)36(24)27(38)39)25-12-22(16-10-17(31)14-32-13-16)34-26-21(30)15-33-37(25)26/h4-7,10,12-15,18H,8-9,11H2,1-3H3,(H,38,39)/t18-/m1/s1. The second kappa shape index (κ2) is 9.95. The molecule has 6 rings (SSSR count). The molecule has 0 bridgehead atoms. The first kappa shape index (κ1) is 26.9. The minimum absolute atomic E-state index is 0.379. The van der Waals surface area contributed by atoms with Crippen LogP contribution in [0.3, 0.4) is 0 Å². The number of carboxylic acid groups (broad SMARTS) is 1. The molecule has 0 fully saturated rings. The molecule has 4 heterocycles. The van der Waals surface area contributed by atoms with Crippen molar-refractivity contribution in [1.29, 1.82) is 0 Å². The van der Waals surface area contributed by atoms with Crippen LogP contribution in [0.15, 0.2) is 59.5 Å². The summed E-state index contributed by atoms with van der Waals surface area (Å²) in [6.07, 6.45) is 3.84. The van der Waals surface area contributed by atoms with E-state index in [4.69, 9.17) is 4.74 Å². The molecule has 0 saturated heterocycles. The van der Waals surface area contributed by atoms with Crippen molar-refractivity contribution >= 4 is 50.5 Å². The number of nitrogens with zero attached hydrogens (tertiary/aromatic N) is 6. The Kier molecular flexibility index (Phi) is 6.52. The molecule has 0 aliphatic heterocycles. The van der Waals surface area contributed by atoms with Gasteiger partial charge in [0.15, 0.2) is 5.65 Å². The van der Waals surface area contributed by atoms with E-state index in [1.807, 2.05) is 18.2 Å². The molecule has 0 saturated carbocycles. The highest BCUT2D eigenvalue weighted by Crippen LogP contribution is 2.37. The third-order valence-corrected chi connectivity index (χ3v) is 7.61. The van der Waals surface area contributed by atoms with Gasteiger partial charge in [-0.15, -0.1) is 0 Å². The number of hydrogen-bond donors (Lipinski definition) is 1. The quantitative estimate of drug-likeness (QED) is 0.246. The van der Waals surface area contributed by atoms with E-state index in [0.29, 0.717) is 57.7 Å². The van der Waals surface area contributed by atoms with Crippen LogP contribution in [0, 0.1) is 5.82 Å². The number of para-hydroxylation sites is 1. The number of carbonyl (C=O) groups is 2. The predicted octanol–water partition coefficient (Wildman–Crippen LogP) is 6.47. The van der Waals surface area contributed by atoms with Crippen LogP contribution >= 0.6 is 15.9 Å². The summed E-state index contributed by atoms with van der Waals surface area (Å²) in [5, 5.41) is 15.3. The molecular weight excluding hydrogens is 595 g/mol. The Morgan fingerprint density at radius 2 is 1.95 bits per heavy atom. The van der Waals surface area contributed by atoms with Gasteiger partial charge >= 0.3 is 12.2 Å². The number of ether oxygens (including phenoxy) is 1. The summed E-state index contributed by atoms with van der Waals surface area (Å²) < 4.78 is 23.5. The Labute approximate surface area is 242 Å². The molecule has 1 aliphatic rings. The number of hydrogen-bond acceptors (Lipinski definition) is 6. The van der Waals surface area contributed by atoms with E-state index in [0.717, 1.165) is 17.1 Å². The normalized spacial score (nSPS) is 15.2. The Balaban J connectivity index is 1.53. The maximum atomic E-state index is 14.1. The fraction of sp³-hybridized carbons (Fsp3) is 0.276. The molecule has 0 radical (unpaired) electrons. The lowest BCUT2D eigenvalue weighted by molar-refractivity contribution is 0.0560. The SMILES string of the molecule is CC(C)(C)OC(=O)N(c1cc(-c2cncc(F)c2)nc2c(Br)cnn12)[C@@H]1CCc2c(c3ccccc3n2C(=O)O)C1. The van der Waals surface area contributed by atoms with Crippen LogP contribution in [0.1, 0.15) is 38.4 Å². The van der Waals surface area contributed by atoms with E-state index in [9.17, 15) is 19.1 Å². The number of aromatic nitrogens is 5. The zero-order chi connectivity index (χ0) is 29.1. The van der Waals surface area contributed by atoms with Gasteiger partial charge in [-0.2, -0.15) is 9.61 Å². The van der Waals surface area contributed by atoms with Crippen molar-refractivity contribution in [3.05, 3.63) is 76.5 Å². The first-order valence-electron chi connectivity index (χ1n) is 13.0. The van der Waals surface area contributed by atoms with E-state index < -0.39 is 29.6 Å². The number of anilines is 1. The number of amides is 1. The molecule has 41 heavy (non-hydrogen) atoms. The largest absolute Gasteiger partial charge is 0.464 e. The van der Waals surface area contributed by atoms with E-state index in [1.165, 1.54) is 16.8 Å². The molecule has 1 atom stereocenters. The maximum Gasteiger partial charge on any atom is 0.416 e. The van der Waals surface area contributed by atoms with E-state index in [2.05, 4.69) is 31.0 Å². The van der Waals surface area contributed by atoms with Gasteiger partial charge in [-0.25, -0.2) is 23.5 Å². The predicted molar refractivity (Wildman–Crippen MR) is 154 cm³/mol. The van der Waals surface area contributed by atoms with Gasteiger partial charge < -0.3 is 9.84 Å². The van der Waals surface area contributed by atoms with E-state index >= 15 is 0 Å². The van der Waals surface area contributed by atoms with Crippen LogP contribution in [0.5, 0.6) is 0 Å². The lowest BCUT2D eigenvalue weighted by Gasteiger charge is -2.35. The Morgan fingerprint density at radius 1 is 1.17 bits per heavy atom. The average molecular weight is 621 g/mol. The van der Waals surface area contributed by atoms with Crippen LogP contribution in [0.25, 0.3) is 27.8 Å². The number of fused-ring (bicyclic) bond motifs is 4. The molecule has 0 spiro atoms. The van der Waals surface area contributed by atoms with Gasteiger partial charge in [0, 0.05) is 34.9 Å². The molecular formula is C29H26BrFN6O4. The minimum atomic E-state index is -1.05. The maximum absolute atomic E-state index is 14.1. The van der Waals surface area contributed by atoms with Gasteiger partial charge in [0.2, 0.25) is 0 Å². The van der Waals surface area contributed by atoms with Crippen LogP contribution in [-0.4, -0.2) is 53.1 Å². The zero-order valence-electron chi connectivity index (χ0n) is 22.5. The summed E-state index contributed by atoms with van der Waals surface area (Å²) in [4.78, 5) is 36.4. The first-order valence-corrected chi connectivity index (χ1v) is 13.8. The highest BCUT2D eigenvalue weighted by Gasteiger charge is 2.37. The van der Waals surface area contributed by atoms with E-state index in [-0.39, 0.29) is 0 Å². The molecule has 5 aromatic rings. The van der Waals surface area contributed by atoms with Crippen LogP contribution in [-0.2, 0) is 17.6 Å². The van der Waals surface area contributed by atoms with Gasteiger partial charge in [0.1, 0.15) is 17.2 Å². The summed E-state index contributed by atoms with van der Waals surface area (Å²) >= 11 is 3.49. The van der Waals surface area contributed by atoms with Gasteiger partial charge in [0.05, 0.1) is 28.1 Å². The minimum Gasteiger partial charge on any atom is -0.464 e. The number of benzene rings is 1. The molecule has 210 valence electrons. The van der Waals surface area contributed by atoms with Crippen molar-refractivity contribution in [2.45, 2.75) is 51.7 Å². The molecule has 1 N–H and O–H groups in total. The number of pyridine rings is 1. The fourth-order valence-corrected chi connectivity index (χ4v) is 5.81. The second-order valence-electron chi connectivity index (χ2n) is 10.9. The average Bonchev–Trinajstić information content (AvgIpc) is 3.45. The van der Waals surface area contributed by atoms with Crippen LogP contribution in [0.4, 0.5) is 19.8 Å². The smallest absolute Gasteiger partial charge is 0.416 e. The van der Waals surface area contributed by atoms with E-state index in [1.54, 1.807) is 48.5 Å². The molecule has 1 aliphatic carbocycles. The summed E-state index contributed by atoms with van der Waals surface area (Å²) in [6, 6.07) is 9.96. The van der Waals surface area contributed by atoms with Crippen molar-refractivity contribution in [2.75, 3.05) is 4.90 Å². The number of rotatable bonds is 3. The zero-order valence-corrected chi connectivity index (χ0v) is 24.1. The lowest BCUT2D eigenvalue weighted by Crippen LogP contribution is -2.47. The van der Waals surface area contributed by atoms with Crippen molar-refractivity contribution in [2.24, 2.45) is 0 Å². The number of carbonyl (C=O) groups excluding carboxylic acids is 1. The molecule has 1 aromatic carbocycles. The van der Waals surface area contributed by atoms with Crippen molar-refractivity contribution in [3.8, 4) is 11.3 Å². The summed E-state index contributed by atoms with van der Waals surface area (Å²) in [5.74, 6) is -0.137. The van der Waals surface area contributed by atoms with Crippen LogP contribution in [0.2, 0.25) is 0 Å². The second-order valence-corrected chi connectivity index (χ2v) is 11.8. The van der Waals surface area contributed by atoms with Crippen molar-refractivity contribution < 1.29 is 23.8 Å². The van der Waals surface area contributed by atoms with Crippen molar-refractivity contribution in [1.82, 2.24) is 24.1 Å².